The standard InChI is InChI=1S/C21H26N2O5S2/c1-4-28-21(25)19-17(12-18(29-19)15-9-7-14(2)8-10-15)22-20(24)16-6-5-11-23(13-16)30(3,26)27/h7-10,12,16H,4-6,11,13H2,1-3H3,(H,22,24)/t16-/m1/s1. The van der Waals surface area contributed by atoms with Gasteiger partial charge in [0.2, 0.25) is 15.9 Å². The molecule has 1 N–H and O–H groups in total. The van der Waals surface area contributed by atoms with Crippen LogP contribution >= 0.6 is 11.3 Å². The molecule has 0 unspecified atom stereocenters. The molecular formula is C21H26N2O5S2. The second-order valence-electron chi connectivity index (χ2n) is 7.39. The topological polar surface area (TPSA) is 92.8 Å². The van der Waals surface area contributed by atoms with E-state index in [9.17, 15) is 18.0 Å². The molecule has 0 aliphatic carbocycles. The average Bonchev–Trinajstić information content (AvgIpc) is 3.12. The average molecular weight is 451 g/mol. The second-order valence-corrected chi connectivity index (χ2v) is 10.4. The fraction of sp³-hybridized carbons (Fsp3) is 0.429. The number of nitrogens with one attached hydrogen (secondary N) is 1. The zero-order valence-corrected chi connectivity index (χ0v) is 18.9. The Kier molecular flexibility index (Phi) is 6.95. The van der Waals surface area contributed by atoms with Crippen molar-refractivity contribution >= 4 is 38.9 Å². The smallest absolute Gasteiger partial charge is 0.350 e. The number of hydrogen-bond donors (Lipinski definition) is 1. The third-order valence-corrected chi connectivity index (χ3v) is 7.44. The normalized spacial score (nSPS) is 17.5. The lowest BCUT2D eigenvalue weighted by Crippen LogP contribution is -2.43. The van der Waals surface area contributed by atoms with Crippen molar-refractivity contribution in [3.8, 4) is 10.4 Å². The van der Waals surface area contributed by atoms with Crippen LogP contribution in [0.25, 0.3) is 10.4 Å². The number of rotatable bonds is 6. The fourth-order valence-corrected chi connectivity index (χ4v) is 5.31. The highest BCUT2D eigenvalue weighted by Crippen LogP contribution is 2.36. The number of anilines is 1. The molecule has 0 saturated carbocycles. The van der Waals surface area contributed by atoms with E-state index in [1.807, 2.05) is 31.2 Å². The Labute approximate surface area is 181 Å². The second kappa shape index (κ2) is 9.28. The van der Waals surface area contributed by atoms with E-state index in [0.29, 0.717) is 30.0 Å². The third-order valence-electron chi connectivity index (χ3n) is 5.01. The Morgan fingerprint density at radius 3 is 2.60 bits per heavy atom. The number of carbonyl (C=O) groups is 2. The van der Waals surface area contributed by atoms with Gasteiger partial charge >= 0.3 is 5.97 Å². The molecule has 30 heavy (non-hydrogen) atoms. The van der Waals surface area contributed by atoms with Gasteiger partial charge in [0.05, 0.1) is 24.5 Å². The highest BCUT2D eigenvalue weighted by Gasteiger charge is 2.31. The summed E-state index contributed by atoms with van der Waals surface area (Å²) >= 11 is 1.26. The lowest BCUT2D eigenvalue weighted by Gasteiger charge is -2.30. The number of hydrogen-bond acceptors (Lipinski definition) is 6. The van der Waals surface area contributed by atoms with E-state index in [4.69, 9.17) is 4.74 Å². The summed E-state index contributed by atoms with van der Waals surface area (Å²) in [6, 6.07) is 9.68. The largest absolute Gasteiger partial charge is 0.462 e. The van der Waals surface area contributed by atoms with E-state index in [2.05, 4.69) is 5.32 Å². The number of esters is 1. The molecule has 1 aromatic heterocycles. The SMILES string of the molecule is CCOC(=O)c1sc(-c2ccc(C)cc2)cc1NC(=O)[C@@H]1CCCN(S(C)(=O)=O)C1. The highest BCUT2D eigenvalue weighted by molar-refractivity contribution is 7.88. The van der Waals surface area contributed by atoms with Crippen LogP contribution in [0.3, 0.4) is 0 Å². The van der Waals surface area contributed by atoms with Gasteiger partial charge in [-0.25, -0.2) is 17.5 Å². The minimum absolute atomic E-state index is 0.147. The van der Waals surface area contributed by atoms with Crippen molar-refractivity contribution in [3.05, 3.63) is 40.8 Å². The number of aryl methyl sites for hydroxylation is 1. The number of piperidine rings is 1. The molecule has 1 atom stereocenters. The molecule has 2 aromatic rings. The third kappa shape index (κ3) is 5.27. The summed E-state index contributed by atoms with van der Waals surface area (Å²) in [6.07, 6.45) is 2.37. The van der Waals surface area contributed by atoms with Gasteiger partial charge in [0.15, 0.2) is 0 Å². The van der Waals surface area contributed by atoms with E-state index in [0.717, 1.165) is 22.3 Å². The zero-order chi connectivity index (χ0) is 21.9. The van der Waals surface area contributed by atoms with Crippen molar-refractivity contribution in [2.24, 2.45) is 5.92 Å². The molecule has 0 radical (unpaired) electrons. The number of ether oxygens (including phenoxy) is 1. The van der Waals surface area contributed by atoms with Crippen LogP contribution in [-0.2, 0) is 19.6 Å². The van der Waals surface area contributed by atoms with Crippen LogP contribution in [0.15, 0.2) is 30.3 Å². The van der Waals surface area contributed by atoms with E-state index >= 15 is 0 Å². The van der Waals surface area contributed by atoms with Crippen molar-refractivity contribution in [3.63, 3.8) is 0 Å². The minimum Gasteiger partial charge on any atom is -0.462 e. The summed E-state index contributed by atoms with van der Waals surface area (Å²) in [5, 5.41) is 2.84. The van der Waals surface area contributed by atoms with E-state index in [1.165, 1.54) is 15.6 Å². The minimum atomic E-state index is -3.35. The number of carbonyl (C=O) groups excluding carboxylic acids is 2. The van der Waals surface area contributed by atoms with Crippen molar-refractivity contribution in [2.45, 2.75) is 26.7 Å². The van der Waals surface area contributed by atoms with Crippen LogP contribution in [0.2, 0.25) is 0 Å². The van der Waals surface area contributed by atoms with Crippen LogP contribution in [0, 0.1) is 12.8 Å². The van der Waals surface area contributed by atoms with Gasteiger partial charge in [-0.05, 0) is 38.3 Å². The van der Waals surface area contributed by atoms with Gasteiger partial charge < -0.3 is 10.1 Å². The molecule has 1 amide bonds. The molecular weight excluding hydrogens is 424 g/mol. The molecule has 1 saturated heterocycles. The Balaban J connectivity index is 1.85. The van der Waals surface area contributed by atoms with Crippen LogP contribution in [0.1, 0.15) is 35.0 Å². The molecule has 0 bridgehead atoms. The summed E-state index contributed by atoms with van der Waals surface area (Å²) in [5.41, 5.74) is 2.47. The summed E-state index contributed by atoms with van der Waals surface area (Å²) in [4.78, 5) is 26.5. The van der Waals surface area contributed by atoms with Gasteiger partial charge in [0.25, 0.3) is 0 Å². The van der Waals surface area contributed by atoms with Crippen molar-refractivity contribution in [2.75, 3.05) is 31.3 Å². The molecule has 1 fully saturated rings. The number of thiophene rings is 1. The van der Waals surface area contributed by atoms with Gasteiger partial charge in [0.1, 0.15) is 4.88 Å². The molecule has 1 aliphatic heterocycles. The predicted octanol–water partition coefficient (Wildman–Crippen LogP) is 3.51. The summed E-state index contributed by atoms with van der Waals surface area (Å²) in [7, 11) is -3.35. The van der Waals surface area contributed by atoms with Crippen LogP contribution in [0.4, 0.5) is 5.69 Å². The van der Waals surface area contributed by atoms with Crippen molar-refractivity contribution < 1.29 is 22.7 Å². The first kappa shape index (κ1) is 22.5. The Bertz CT molecular complexity index is 1030. The summed E-state index contributed by atoms with van der Waals surface area (Å²) < 4.78 is 30.2. The molecule has 1 aromatic carbocycles. The molecule has 1 aliphatic rings. The predicted molar refractivity (Wildman–Crippen MR) is 118 cm³/mol. The Morgan fingerprint density at radius 2 is 1.97 bits per heavy atom. The molecule has 7 nitrogen and oxygen atoms in total. The highest BCUT2D eigenvalue weighted by atomic mass is 32.2. The van der Waals surface area contributed by atoms with Gasteiger partial charge in [-0.15, -0.1) is 11.3 Å². The fourth-order valence-electron chi connectivity index (χ4n) is 3.38. The van der Waals surface area contributed by atoms with Crippen molar-refractivity contribution in [1.82, 2.24) is 4.31 Å². The lowest BCUT2D eigenvalue weighted by atomic mass is 9.98. The van der Waals surface area contributed by atoms with Gasteiger partial charge in [-0.1, -0.05) is 29.8 Å². The summed E-state index contributed by atoms with van der Waals surface area (Å²) in [6.45, 7) is 4.53. The zero-order valence-electron chi connectivity index (χ0n) is 17.3. The van der Waals surface area contributed by atoms with Crippen LogP contribution in [0.5, 0.6) is 0 Å². The number of benzene rings is 1. The molecule has 0 spiro atoms. The summed E-state index contributed by atoms with van der Waals surface area (Å²) in [5.74, 6) is -1.24. The molecule has 162 valence electrons. The maximum Gasteiger partial charge on any atom is 0.350 e. The number of sulfonamides is 1. The molecule has 3 rings (SSSR count). The first-order valence-corrected chi connectivity index (χ1v) is 12.5. The van der Waals surface area contributed by atoms with Crippen LogP contribution in [-0.4, -0.2) is 50.6 Å². The van der Waals surface area contributed by atoms with Gasteiger partial charge in [-0.3, -0.25) is 4.79 Å². The number of amides is 1. The van der Waals surface area contributed by atoms with E-state index in [1.54, 1.807) is 13.0 Å². The maximum atomic E-state index is 12.9. The van der Waals surface area contributed by atoms with Crippen molar-refractivity contribution in [1.29, 1.82) is 0 Å². The number of nitrogens with zero attached hydrogens (tertiary/aromatic N) is 1. The quantitative estimate of drug-likeness (QED) is 0.680. The van der Waals surface area contributed by atoms with Crippen LogP contribution < -0.4 is 5.32 Å². The molecule has 2 heterocycles. The Hall–Kier alpha value is -2.23. The van der Waals surface area contributed by atoms with E-state index < -0.39 is 21.9 Å². The van der Waals surface area contributed by atoms with E-state index in [-0.39, 0.29) is 19.1 Å². The van der Waals surface area contributed by atoms with Gasteiger partial charge in [0, 0.05) is 18.0 Å². The first-order valence-electron chi connectivity index (χ1n) is 9.83. The molecule has 9 heteroatoms. The monoisotopic (exact) mass is 450 g/mol. The lowest BCUT2D eigenvalue weighted by molar-refractivity contribution is -0.120. The van der Waals surface area contributed by atoms with Gasteiger partial charge in [-0.2, -0.15) is 0 Å². The first-order chi connectivity index (χ1) is 14.2. The Morgan fingerprint density at radius 1 is 1.27 bits per heavy atom. The maximum absolute atomic E-state index is 12.9.